The molecule has 8 rings (SSSR count). The van der Waals surface area contributed by atoms with Crippen LogP contribution in [-0.4, -0.2) is 32.3 Å². The third kappa shape index (κ3) is 6.45. The van der Waals surface area contributed by atoms with Gasteiger partial charge in [0.1, 0.15) is 0 Å². The van der Waals surface area contributed by atoms with E-state index in [0.29, 0.717) is 59.1 Å². The largest absolute Gasteiger partial charge is 0.341 e. The van der Waals surface area contributed by atoms with Crippen LogP contribution in [0.4, 0.5) is 0 Å². The van der Waals surface area contributed by atoms with Gasteiger partial charge in [-0.3, -0.25) is 19.2 Å². The summed E-state index contributed by atoms with van der Waals surface area (Å²) in [6.07, 6.45) is 1.86. The Hall–Kier alpha value is -6.40. The van der Waals surface area contributed by atoms with E-state index in [1.165, 1.54) is 0 Å². The number of hydrogen-bond acceptors (Lipinski definition) is 4. The van der Waals surface area contributed by atoms with Gasteiger partial charge >= 0.3 is 0 Å². The zero-order chi connectivity index (χ0) is 39.1. The topological polar surface area (TPSA) is 78.1 Å². The van der Waals surface area contributed by atoms with Gasteiger partial charge in [-0.25, -0.2) is 0 Å². The summed E-state index contributed by atoms with van der Waals surface area (Å²) in [5.74, 6) is 0.0372. The lowest BCUT2D eigenvalue weighted by Gasteiger charge is -2.06. The van der Waals surface area contributed by atoms with E-state index in [1.807, 2.05) is 135 Å². The monoisotopic (exact) mass is 736 g/mol. The Morgan fingerprint density at radius 2 is 0.750 bits per heavy atom. The molecule has 0 atom stereocenters. The van der Waals surface area contributed by atoms with Crippen molar-refractivity contribution >= 4 is 66.7 Å². The Morgan fingerprint density at radius 3 is 1.09 bits per heavy atom. The van der Waals surface area contributed by atoms with Gasteiger partial charge in [0, 0.05) is 103 Å². The number of aryl methyl sites for hydroxylation is 4. The minimum absolute atomic E-state index is 0.0173. The fourth-order valence-corrected chi connectivity index (χ4v) is 8.34. The maximum atomic E-state index is 13.5. The quantitative estimate of drug-likeness (QED) is 0.0872. The second-order valence-electron chi connectivity index (χ2n) is 14.8. The highest BCUT2D eigenvalue weighted by molar-refractivity contribution is 6.17. The summed E-state index contributed by atoms with van der Waals surface area (Å²) < 4.78 is 4.43. The van der Waals surface area contributed by atoms with Crippen molar-refractivity contribution in [3.8, 4) is 0 Å². The normalized spacial score (nSPS) is 11.6. The molecule has 6 heteroatoms. The second kappa shape index (κ2) is 15.0. The number of carbonyl (C=O) groups is 4. The van der Waals surface area contributed by atoms with E-state index in [-0.39, 0.29) is 23.1 Å². The highest BCUT2D eigenvalue weighted by atomic mass is 16.1. The third-order valence-corrected chi connectivity index (χ3v) is 11.4. The Kier molecular flexibility index (Phi) is 9.81. The third-order valence-electron chi connectivity index (χ3n) is 11.4. The molecule has 0 N–H and O–H groups in total. The van der Waals surface area contributed by atoms with E-state index >= 15 is 0 Å². The molecule has 0 radical (unpaired) electrons. The number of hydrogen-bond donors (Lipinski definition) is 0. The molecule has 0 aliphatic carbocycles. The average Bonchev–Trinajstić information content (AvgIpc) is 3.72. The molecule has 2 heterocycles. The first-order valence-electron chi connectivity index (χ1n) is 19.6. The van der Waals surface area contributed by atoms with Gasteiger partial charge in [-0.15, -0.1) is 0 Å². The molecule has 6 aromatic carbocycles. The molecule has 0 saturated carbocycles. The Balaban J connectivity index is 0.981. The minimum Gasteiger partial charge on any atom is -0.341 e. The average molecular weight is 737 g/mol. The van der Waals surface area contributed by atoms with Gasteiger partial charge in [-0.05, 0) is 124 Å². The molecule has 6 nitrogen and oxygen atoms in total. The molecule has 56 heavy (non-hydrogen) atoms. The number of nitrogens with zero attached hydrogens (tertiary/aromatic N) is 2. The molecule has 0 saturated heterocycles. The Bertz CT molecular complexity index is 2690. The number of rotatable bonds is 13. The summed E-state index contributed by atoms with van der Waals surface area (Å²) in [5.41, 5.74) is 9.86. The van der Waals surface area contributed by atoms with Gasteiger partial charge in [0.05, 0.1) is 0 Å². The minimum atomic E-state index is -0.0173. The smallest absolute Gasteiger partial charge is 0.193 e. The zero-order valence-corrected chi connectivity index (χ0v) is 32.3. The molecule has 0 aliphatic rings. The van der Waals surface area contributed by atoms with Gasteiger partial charge in [0.15, 0.2) is 23.1 Å². The first-order valence-corrected chi connectivity index (χ1v) is 19.6. The summed E-state index contributed by atoms with van der Waals surface area (Å²) in [6.45, 7) is 9.60. The summed E-state index contributed by atoms with van der Waals surface area (Å²) in [5, 5.41) is 3.81. The van der Waals surface area contributed by atoms with Gasteiger partial charge in [-0.2, -0.15) is 0 Å². The number of carbonyl (C=O) groups excluding carboxylic acids is 4. The SMILES string of the molecule is CCn1c2ccc(C(=O)CCCCC(=O)c3ccc4c(c3)c3cc(C(=O)c5ccccc5C)ccc3n4CC)cc2c2cc(C(=O)c3ccccc3C)ccc21. The molecule has 0 aliphatic heterocycles. The van der Waals surface area contributed by atoms with Crippen molar-refractivity contribution in [2.45, 2.75) is 66.5 Å². The number of ketones is 4. The van der Waals surface area contributed by atoms with Crippen molar-refractivity contribution in [1.29, 1.82) is 0 Å². The molecule has 0 unspecified atom stereocenters. The second-order valence-corrected chi connectivity index (χ2v) is 14.8. The molecule has 0 spiro atoms. The number of benzene rings is 6. The first kappa shape index (κ1) is 36.6. The lowest BCUT2D eigenvalue weighted by molar-refractivity contribution is 0.0955. The van der Waals surface area contributed by atoms with Gasteiger partial charge < -0.3 is 9.13 Å². The van der Waals surface area contributed by atoms with Crippen molar-refractivity contribution in [1.82, 2.24) is 9.13 Å². The maximum absolute atomic E-state index is 13.5. The summed E-state index contributed by atoms with van der Waals surface area (Å²) >= 11 is 0. The van der Waals surface area contributed by atoms with Crippen molar-refractivity contribution < 1.29 is 19.2 Å². The Labute approximate surface area is 326 Å². The molecule has 0 bridgehead atoms. The highest BCUT2D eigenvalue weighted by Gasteiger charge is 2.19. The van der Waals surface area contributed by atoms with E-state index in [9.17, 15) is 19.2 Å². The Morgan fingerprint density at radius 1 is 0.429 bits per heavy atom. The van der Waals surface area contributed by atoms with Crippen LogP contribution < -0.4 is 0 Å². The van der Waals surface area contributed by atoms with Gasteiger partial charge in [0.2, 0.25) is 0 Å². The molecular weight excluding hydrogens is 693 g/mol. The molecule has 0 fully saturated rings. The summed E-state index contributed by atoms with van der Waals surface area (Å²) in [7, 11) is 0. The highest BCUT2D eigenvalue weighted by Crippen LogP contribution is 2.34. The van der Waals surface area contributed by atoms with Crippen molar-refractivity contribution in [2.24, 2.45) is 0 Å². The van der Waals surface area contributed by atoms with Crippen LogP contribution in [0.25, 0.3) is 43.6 Å². The van der Waals surface area contributed by atoms with Crippen molar-refractivity contribution in [3.63, 3.8) is 0 Å². The number of Topliss-reactive ketones (excluding diaryl/α,β-unsaturated/α-hetero) is 2. The van der Waals surface area contributed by atoms with Crippen LogP contribution in [0, 0.1) is 13.8 Å². The first-order chi connectivity index (χ1) is 27.2. The number of fused-ring (bicyclic) bond motifs is 6. The molecule has 8 aromatic rings. The number of unbranched alkanes of at least 4 members (excludes halogenated alkanes) is 1. The summed E-state index contributed by atoms with van der Waals surface area (Å²) in [4.78, 5) is 54.1. The predicted octanol–water partition coefficient (Wildman–Crippen LogP) is 11.6. The van der Waals surface area contributed by atoms with Crippen LogP contribution in [0.2, 0.25) is 0 Å². The van der Waals surface area contributed by atoms with Crippen LogP contribution in [0.1, 0.15) is 103 Å². The van der Waals surface area contributed by atoms with Crippen LogP contribution in [0.3, 0.4) is 0 Å². The van der Waals surface area contributed by atoms with Crippen LogP contribution in [0.5, 0.6) is 0 Å². The van der Waals surface area contributed by atoms with E-state index < -0.39 is 0 Å². The fourth-order valence-electron chi connectivity index (χ4n) is 8.34. The lowest BCUT2D eigenvalue weighted by atomic mass is 9.97. The van der Waals surface area contributed by atoms with Crippen LogP contribution in [-0.2, 0) is 13.1 Å². The molecule has 278 valence electrons. The molecule has 0 amide bonds. The van der Waals surface area contributed by atoms with Crippen LogP contribution >= 0.6 is 0 Å². The maximum Gasteiger partial charge on any atom is 0.193 e. The lowest BCUT2D eigenvalue weighted by Crippen LogP contribution is -2.03. The van der Waals surface area contributed by atoms with Crippen LogP contribution in [0.15, 0.2) is 121 Å². The fraction of sp³-hybridized carbons (Fsp3) is 0.200. The standard InChI is InChI=1S/C50H44N2O4/c1-5-51-43-23-19-33(27-39(43)41-29-35(21-25-45(41)51)49(55)37-15-9-7-13-31(37)3)47(53)17-11-12-18-48(54)34-20-24-44-40(28-34)42-30-36(22-26-46(42)52(44)6-2)50(56)38-16-10-8-14-32(38)4/h7-10,13-16,19-30H,5-6,11-12,17-18H2,1-4H3. The van der Waals surface area contributed by atoms with Gasteiger partial charge in [-0.1, -0.05) is 48.5 Å². The van der Waals surface area contributed by atoms with E-state index in [0.717, 1.165) is 67.8 Å². The van der Waals surface area contributed by atoms with Crippen molar-refractivity contribution in [3.05, 3.63) is 166 Å². The van der Waals surface area contributed by atoms with Gasteiger partial charge in [0.25, 0.3) is 0 Å². The predicted molar refractivity (Wildman–Crippen MR) is 227 cm³/mol. The molecule has 2 aromatic heterocycles. The summed E-state index contributed by atoms with van der Waals surface area (Å²) in [6, 6.07) is 38.7. The van der Waals surface area contributed by atoms with Crippen molar-refractivity contribution in [2.75, 3.05) is 0 Å². The number of aromatic nitrogens is 2. The van der Waals surface area contributed by atoms with E-state index in [1.54, 1.807) is 0 Å². The molecular formula is C50H44N2O4. The zero-order valence-electron chi connectivity index (χ0n) is 32.3. The van der Waals surface area contributed by atoms with E-state index in [4.69, 9.17) is 0 Å². The van der Waals surface area contributed by atoms with E-state index in [2.05, 4.69) is 23.0 Å².